The van der Waals surface area contributed by atoms with E-state index in [9.17, 15) is 14.4 Å². The average Bonchev–Trinajstić information content (AvgIpc) is 2.83. The van der Waals surface area contributed by atoms with E-state index in [4.69, 9.17) is 21.1 Å². The minimum absolute atomic E-state index is 0.187. The van der Waals surface area contributed by atoms with E-state index in [0.29, 0.717) is 41.0 Å². The van der Waals surface area contributed by atoms with Crippen LogP contribution in [0.15, 0.2) is 48.0 Å². The molecule has 0 unspecified atom stereocenters. The lowest BCUT2D eigenvalue weighted by Gasteiger charge is -2.26. The van der Waals surface area contributed by atoms with Crippen LogP contribution in [0.5, 0.6) is 11.5 Å². The minimum atomic E-state index is -0.796. The third-order valence-electron chi connectivity index (χ3n) is 5.50. The number of halogens is 1. The lowest BCUT2D eigenvalue weighted by atomic mass is 10.1. The number of barbiturate groups is 1. The van der Waals surface area contributed by atoms with E-state index in [1.54, 1.807) is 42.5 Å². The Morgan fingerprint density at radius 2 is 1.66 bits per heavy atom. The lowest BCUT2D eigenvalue weighted by Crippen LogP contribution is -2.54. The van der Waals surface area contributed by atoms with Crippen molar-refractivity contribution in [3.05, 3.63) is 58.6 Å². The Morgan fingerprint density at radius 3 is 2.37 bits per heavy atom. The van der Waals surface area contributed by atoms with Gasteiger partial charge >= 0.3 is 6.03 Å². The fourth-order valence-corrected chi connectivity index (χ4v) is 4.04. The zero-order chi connectivity index (χ0) is 25.2. The van der Waals surface area contributed by atoms with Gasteiger partial charge in [-0.25, -0.2) is 9.69 Å². The summed E-state index contributed by atoms with van der Waals surface area (Å²) in [6, 6.07) is 10.9. The van der Waals surface area contributed by atoms with E-state index in [-0.39, 0.29) is 5.57 Å². The van der Waals surface area contributed by atoms with Gasteiger partial charge < -0.3 is 9.47 Å². The summed E-state index contributed by atoms with van der Waals surface area (Å²) < 4.78 is 11.7. The largest absolute Gasteiger partial charge is 0.490 e. The number of carbonyl (C=O) groups excluding carboxylic acids is 3. The van der Waals surface area contributed by atoms with Crippen molar-refractivity contribution in [1.82, 2.24) is 5.32 Å². The van der Waals surface area contributed by atoms with Crippen LogP contribution in [0.2, 0.25) is 5.02 Å². The van der Waals surface area contributed by atoms with Crippen LogP contribution in [0, 0.1) is 0 Å². The SMILES string of the molecule is CCCCCCCCOc1c(Cl)cc(/C=C2/C(=O)NC(=O)N(c3ccccc3)C2=O)cc1OCC. The Balaban J connectivity index is 1.80. The monoisotopic (exact) mass is 498 g/mol. The van der Waals surface area contributed by atoms with Crippen molar-refractivity contribution in [2.45, 2.75) is 52.4 Å². The van der Waals surface area contributed by atoms with Crippen LogP contribution < -0.4 is 19.7 Å². The number of urea groups is 1. The number of para-hydroxylation sites is 1. The summed E-state index contributed by atoms with van der Waals surface area (Å²) in [5.41, 5.74) is 0.652. The van der Waals surface area contributed by atoms with E-state index >= 15 is 0 Å². The van der Waals surface area contributed by atoms with Crippen LogP contribution in [0.1, 0.15) is 57.9 Å². The number of unbranched alkanes of at least 4 members (excludes halogenated alkanes) is 5. The van der Waals surface area contributed by atoms with E-state index in [1.165, 1.54) is 31.8 Å². The highest BCUT2D eigenvalue weighted by Crippen LogP contribution is 2.38. The van der Waals surface area contributed by atoms with E-state index in [2.05, 4.69) is 12.2 Å². The van der Waals surface area contributed by atoms with Gasteiger partial charge in [-0.05, 0) is 49.2 Å². The van der Waals surface area contributed by atoms with Gasteiger partial charge in [-0.2, -0.15) is 0 Å². The van der Waals surface area contributed by atoms with Crippen LogP contribution >= 0.6 is 11.6 Å². The first-order chi connectivity index (χ1) is 17.0. The first kappa shape index (κ1) is 26.3. The first-order valence-electron chi connectivity index (χ1n) is 12.0. The standard InChI is InChI=1S/C27H31ClN2O5/c1-3-5-6-7-8-12-15-35-24-22(28)17-19(18-23(24)34-4-2)16-21-25(31)29-27(33)30(26(21)32)20-13-10-9-11-14-20/h9-11,13-14,16-18H,3-8,12,15H2,1-2H3,(H,29,31,33)/b21-16-. The Kier molecular flexibility index (Phi) is 9.73. The number of ether oxygens (including phenoxy) is 2. The quantitative estimate of drug-likeness (QED) is 0.216. The molecule has 0 saturated carbocycles. The predicted molar refractivity (Wildman–Crippen MR) is 137 cm³/mol. The molecule has 186 valence electrons. The second-order valence-corrected chi connectivity index (χ2v) is 8.58. The van der Waals surface area contributed by atoms with Crippen LogP contribution in [0.25, 0.3) is 6.08 Å². The molecule has 1 aliphatic rings. The van der Waals surface area contributed by atoms with Gasteiger partial charge in [0.2, 0.25) is 0 Å². The maximum Gasteiger partial charge on any atom is 0.335 e. The van der Waals surface area contributed by atoms with Crippen LogP contribution in [-0.2, 0) is 9.59 Å². The second kappa shape index (κ2) is 13.0. The summed E-state index contributed by atoms with van der Waals surface area (Å²) >= 11 is 6.51. The molecule has 1 fully saturated rings. The Hall–Kier alpha value is -3.32. The van der Waals surface area contributed by atoms with Gasteiger partial charge in [0.25, 0.3) is 11.8 Å². The summed E-state index contributed by atoms with van der Waals surface area (Å²) in [6.45, 7) is 4.94. The summed E-state index contributed by atoms with van der Waals surface area (Å²) in [5, 5.41) is 2.53. The van der Waals surface area contributed by atoms with E-state index in [1.807, 2.05) is 6.92 Å². The van der Waals surface area contributed by atoms with Gasteiger partial charge in [0.1, 0.15) is 5.57 Å². The molecule has 4 amide bonds. The van der Waals surface area contributed by atoms with Gasteiger partial charge in [0, 0.05) is 0 Å². The number of hydrogen-bond donors (Lipinski definition) is 1. The van der Waals surface area contributed by atoms with Gasteiger partial charge in [0.05, 0.1) is 23.9 Å². The fourth-order valence-electron chi connectivity index (χ4n) is 3.77. The summed E-state index contributed by atoms with van der Waals surface area (Å²) in [4.78, 5) is 38.8. The maximum absolute atomic E-state index is 13.1. The first-order valence-corrected chi connectivity index (χ1v) is 12.4. The Morgan fingerprint density at radius 1 is 0.943 bits per heavy atom. The highest BCUT2D eigenvalue weighted by molar-refractivity contribution is 6.39. The molecule has 1 aliphatic heterocycles. The zero-order valence-electron chi connectivity index (χ0n) is 20.1. The molecule has 0 aliphatic carbocycles. The van der Waals surface area contributed by atoms with Crippen LogP contribution in [-0.4, -0.2) is 31.1 Å². The van der Waals surface area contributed by atoms with Crippen molar-refractivity contribution >= 4 is 41.2 Å². The molecule has 7 nitrogen and oxygen atoms in total. The lowest BCUT2D eigenvalue weighted by molar-refractivity contribution is -0.122. The van der Waals surface area contributed by atoms with Gasteiger partial charge in [-0.15, -0.1) is 0 Å². The Labute approximate surface area is 211 Å². The van der Waals surface area contributed by atoms with Crippen molar-refractivity contribution in [2.24, 2.45) is 0 Å². The number of nitrogens with one attached hydrogen (secondary N) is 1. The molecular weight excluding hydrogens is 468 g/mol. The van der Waals surface area contributed by atoms with Gasteiger partial charge in [-0.3, -0.25) is 14.9 Å². The molecule has 35 heavy (non-hydrogen) atoms. The molecule has 1 saturated heterocycles. The third kappa shape index (κ3) is 6.85. The third-order valence-corrected chi connectivity index (χ3v) is 5.78. The summed E-state index contributed by atoms with van der Waals surface area (Å²) in [6.07, 6.45) is 8.25. The van der Waals surface area contributed by atoms with E-state index < -0.39 is 17.8 Å². The molecule has 0 aromatic heterocycles. The molecule has 8 heteroatoms. The fraction of sp³-hybridized carbons (Fsp3) is 0.370. The number of hydrogen-bond acceptors (Lipinski definition) is 5. The molecule has 1 heterocycles. The number of amides is 4. The Bertz CT molecular complexity index is 1080. The molecule has 2 aromatic rings. The van der Waals surface area contributed by atoms with Crippen molar-refractivity contribution in [1.29, 1.82) is 0 Å². The molecule has 0 spiro atoms. The van der Waals surface area contributed by atoms with Crippen molar-refractivity contribution in [3.8, 4) is 11.5 Å². The molecular formula is C27H31ClN2O5. The van der Waals surface area contributed by atoms with Crippen molar-refractivity contribution in [3.63, 3.8) is 0 Å². The number of carbonyl (C=O) groups is 3. The minimum Gasteiger partial charge on any atom is -0.490 e. The number of rotatable bonds is 12. The zero-order valence-corrected chi connectivity index (χ0v) is 20.9. The van der Waals surface area contributed by atoms with E-state index in [0.717, 1.165) is 17.7 Å². The van der Waals surface area contributed by atoms with Gasteiger partial charge in [-0.1, -0.05) is 68.8 Å². The molecule has 0 radical (unpaired) electrons. The maximum atomic E-state index is 13.1. The highest BCUT2D eigenvalue weighted by Gasteiger charge is 2.36. The van der Waals surface area contributed by atoms with Gasteiger partial charge in [0.15, 0.2) is 11.5 Å². The molecule has 1 N–H and O–H groups in total. The predicted octanol–water partition coefficient (Wildman–Crippen LogP) is 6.14. The second-order valence-electron chi connectivity index (χ2n) is 8.17. The smallest absolute Gasteiger partial charge is 0.335 e. The number of nitrogens with zero attached hydrogens (tertiary/aromatic N) is 1. The average molecular weight is 499 g/mol. The van der Waals surface area contributed by atoms with Crippen LogP contribution in [0.3, 0.4) is 0 Å². The summed E-state index contributed by atoms with van der Waals surface area (Å²) in [5.74, 6) is -0.630. The number of anilines is 1. The van der Waals surface area contributed by atoms with Crippen LogP contribution in [0.4, 0.5) is 10.5 Å². The molecule has 0 bridgehead atoms. The molecule has 0 atom stereocenters. The van der Waals surface area contributed by atoms with Crippen molar-refractivity contribution in [2.75, 3.05) is 18.1 Å². The highest BCUT2D eigenvalue weighted by atomic mass is 35.5. The summed E-state index contributed by atoms with van der Waals surface area (Å²) in [7, 11) is 0. The normalized spacial score (nSPS) is 14.9. The number of benzene rings is 2. The molecule has 3 rings (SSSR count). The topological polar surface area (TPSA) is 84.9 Å². The molecule has 2 aromatic carbocycles. The number of imide groups is 2. The van der Waals surface area contributed by atoms with Crippen molar-refractivity contribution < 1.29 is 23.9 Å².